The number of hydrogen-bond acceptors (Lipinski definition) is 3. The molecule has 1 atom stereocenters. The third-order valence-corrected chi connectivity index (χ3v) is 2.05. The zero-order valence-electron chi connectivity index (χ0n) is 7.96. The van der Waals surface area contributed by atoms with Crippen LogP contribution >= 0.6 is 11.8 Å². The van der Waals surface area contributed by atoms with Crippen molar-refractivity contribution in [1.29, 1.82) is 0 Å². The second kappa shape index (κ2) is 8.59. The topological polar surface area (TPSA) is 57.5 Å². The molecule has 0 heterocycles. The Bertz CT molecular complexity index is 212. The van der Waals surface area contributed by atoms with Crippen molar-refractivity contribution in [2.24, 2.45) is 0 Å². The van der Waals surface area contributed by atoms with E-state index in [1.54, 1.807) is 6.92 Å². The number of aliphatic hydroxyl groups excluding tert-OH is 1. The Morgan fingerprint density at radius 1 is 1.21 bits per heavy atom. The van der Waals surface area contributed by atoms with Gasteiger partial charge in [-0.05, 0) is 5.75 Å². The number of carboxylic acid groups (broad SMARTS) is 1. The number of hydrogen-bond donors (Lipinski definition) is 2. The second-order valence-corrected chi connectivity index (χ2v) is 3.66. The van der Waals surface area contributed by atoms with Crippen LogP contribution in [0.5, 0.6) is 0 Å². The lowest BCUT2D eigenvalue weighted by Gasteiger charge is -1.99. The summed E-state index contributed by atoms with van der Waals surface area (Å²) in [7, 11) is 0. The smallest absolute Gasteiger partial charge is 0.343 e. The van der Waals surface area contributed by atoms with Crippen LogP contribution in [0, 0.1) is 0 Å². The van der Waals surface area contributed by atoms with Crippen LogP contribution in [0.25, 0.3) is 0 Å². The predicted molar refractivity (Wildman–Crippen MR) is 58.2 cm³/mol. The molecule has 0 radical (unpaired) electrons. The van der Waals surface area contributed by atoms with Crippen molar-refractivity contribution < 1.29 is 15.0 Å². The van der Waals surface area contributed by atoms with Gasteiger partial charge in [0.2, 0.25) is 0 Å². The molecule has 0 bridgehead atoms. The van der Waals surface area contributed by atoms with Gasteiger partial charge in [-0.3, -0.25) is 0 Å². The van der Waals surface area contributed by atoms with Gasteiger partial charge < -0.3 is 10.2 Å². The molecule has 78 valence electrons. The number of thioether (sulfide) groups is 1. The molecule has 1 rings (SSSR count). The highest BCUT2D eigenvalue weighted by atomic mass is 32.2. The minimum atomic E-state index is -1.25. The summed E-state index contributed by atoms with van der Waals surface area (Å²) in [5, 5.41) is 16.5. The molecule has 1 aromatic rings. The lowest BCUT2D eigenvalue weighted by atomic mass is 10.4. The summed E-state index contributed by atoms with van der Waals surface area (Å²) in [4.78, 5) is 9.82. The van der Waals surface area contributed by atoms with E-state index in [2.05, 4.69) is 0 Å². The average molecular weight is 214 g/mol. The average Bonchev–Trinajstić information content (AvgIpc) is 2.21. The largest absolute Gasteiger partial charge is 0.479 e. The van der Waals surface area contributed by atoms with E-state index in [0.29, 0.717) is 5.75 Å². The van der Waals surface area contributed by atoms with Gasteiger partial charge in [-0.2, -0.15) is 0 Å². The van der Waals surface area contributed by atoms with Gasteiger partial charge >= 0.3 is 5.97 Å². The lowest BCUT2D eigenvalue weighted by Crippen LogP contribution is -2.14. The summed E-state index contributed by atoms with van der Waals surface area (Å²) in [5.74, 6) is -0.551. The quantitative estimate of drug-likeness (QED) is 0.754. The molecule has 0 saturated carbocycles. The van der Waals surface area contributed by atoms with Crippen molar-refractivity contribution in [1.82, 2.24) is 0 Å². The Morgan fingerprint density at radius 3 is 1.71 bits per heavy atom. The van der Waals surface area contributed by atoms with Gasteiger partial charge in [-0.1, -0.05) is 43.3 Å². The van der Waals surface area contributed by atoms with Crippen LogP contribution in [0.1, 0.15) is 6.92 Å². The molecular weight excluding hydrogens is 200 g/mol. The minimum Gasteiger partial charge on any atom is -0.479 e. The van der Waals surface area contributed by atoms with Gasteiger partial charge in [-0.25, -0.2) is 4.79 Å². The predicted octanol–water partition coefficient (Wildman–Crippen LogP) is 1.83. The van der Waals surface area contributed by atoms with Crippen LogP contribution in [-0.2, 0) is 4.79 Å². The molecule has 3 nitrogen and oxygen atoms in total. The molecule has 0 fully saturated rings. The molecule has 0 aliphatic heterocycles. The normalized spacial score (nSPS) is 11.0. The first-order valence-electron chi connectivity index (χ1n) is 4.21. The van der Waals surface area contributed by atoms with E-state index in [4.69, 9.17) is 10.2 Å². The van der Waals surface area contributed by atoms with Crippen LogP contribution in [0.2, 0.25) is 0 Å². The first-order chi connectivity index (χ1) is 6.68. The van der Waals surface area contributed by atoms with Gasteiger partial charge in [0, 0.05) is 0 Å². The van der Waals surface area contributed by atoms with Crippen molar-refractivity contribution in [3.8, 4) is 0 Å². The summed E-state index contributed by atoms with van der Waals surface area (Å²) in [6.07, 6.45) is 0. The van der Waals surface area contributed by atoms with Crippen LogP contribution < -0.4 is 0 Å². The molecule has 4 heteroatoms. The highest BCUT2D eigenvalue weighted by Crippen LogP contribution is 2.05. The maximum Gasteiger partial charge on any atom is 0.343 e. The Balaban J connectivity index is 0.000000249. The third-order valence-electron chi connectivity index (χ3n) is 1.20. The van der Waals surface area contributed by atoms with E-state index >= 15 is 0 Å². The molecule has 0 spiro atoms. The van der Waals surface area contributed by atoms with Gasteiger partial charge in [0.05, 0.1) is 0 Å². The fourth-order valence-corrected chi connectivity index (χ4v) is 1.07. The molecule has 14 heavy (non-hydrogen) atoms. The molecule has 0 amide bonds. The summed E-state index contributed by atoms with van der Waals surface area (Å²) >= 11 is 0.995. The van der Waals surface area contributed by atoms with Gasteiger partial charge in [-0.15, -0.1) is 11.8 Å². The monoisotopic (exact) mass is 214 g/mol. The lowest BCUT2D eigenvalue weighted by molar-refractivity contribution is -0.141. The third kappa shape index (κ3) is 7.64. The van der Waals surface area contributed by atoms with Gasteiger partial charge in [0.15, 0.2) is 5.44 Å². The van der Waals surface area contributed by atoms with E-state index in [-0.39, 0.29) is 0 Å². The highest BCUT2D eigenvalue weighted by Gasteiger charge is 2.10. The Labute approximate surface area is 87.8 Å². The van der Waals surface area contributed by atoms with E-state index in [0.717, 1.165) is 11.8 Å². The molecule has 1 aromatic carbocycles. The summed E-state index contributed by atoms with van der Waals surface area (Å²) < 4.78 is 0. The SMILES string of the molecule is CCSC(O)C(=O)O.c1ccccc1. The van der Waals surface area contributed by atoms with Gasteiger partial charge in [0.1, 0.15) is 0 Å². The maximum absolute atomic E-state index is 9.82. The van der Waals surface area contributed by atoms with E-state index in [1.807, 2.05) is 36.4 Å². The summed E-state index contributed by atoms with van der Waals surface area (Å²) in [5.41, 5.74) is -1.25. The first-order valence-corrected chi connectivity index (χ1v) is 5.25. The second-order valence-electron chi connectivity index (χ2n) is 2.30. The number of carboxylic acids is 1. The zero-order chi connectivity index (χ0) is 10.8. The molecule has 0 aromatic heterocycles. The van der Waals surface area contributed by atoms with Crippen molar-refractivity contribution in [3.05, 3.63) is 36.4 Å². The Morgan fingerprint density at radius 2 is 1.57 bits per heavy atom. The van der Waals surface area contributed by atoms with E-state index in [9.17, 15) is 4.79 Å². The summed E-state index contributed by atoms with van der Waals surface area (Å²) in [6, 6.07) is 12.0. The molecule has 1 unspecified atom stereocenters. The molecule has 0 aliphatic carbocycles. The molecule has 0 saturated heterocycles. The zero-order valence-corrected chi connectivity index (χ0v) is 8.78. The van der Waals surface area contributed by atoms with Crippen LogP contribution in [0.4, 0.5) is 0 Å². The fraction of sp³-hybridized carbons (Fsp3) is 0.300. The standard InChI is InChI=1S/C6H6.C4H8O3S/c1-2-4-6-5-3-1;1-2-8-4(7)3(5)6/h1-6H;4,7H,2H2,1H3,(H,5,6). The molecular formula is C10H14O3S. The molecule has 2 N–H and O–H groups in total. The van der Waals surface area contributed by atoms with E-state index < -0.39 is 11.4 Å². The maximum atomic E-state index is 9.82. The van der Waals surface area contributed by atoms with Crippen LogP contribution in [-0.4, -0.2) is 27.4 Å². The number of carbonyl (C=O) groups is 1. The number of aliphatic hydroxyl groups is 1. The summed E-state index contributed by atoms with van der Waals surface area (Å²) in [6.45, 7) is 1.79. The Hall–Kier alpha value is -1.00. The number of aliphatic carboxylic acids is 1. The minimum absolute atomic E-state index is 0.619. The van der Waals surface area contributed by atoms with Crippen molar-refractivity contribution in [3.63, 3.8) is 0 Å². The first kappa shape index (κ1) is 13.0. The Kier molecular flexibility index (Phi) is 7.98. The van der Waals surface area contributed by atoms with Crippen molar-refractivity contribution >= 4 is 17.7 Å². The van der Waals surface area contributed by atoms with Gasteiger partial charge in [0.25, 0.3) is 0 Å². The fourth-order valence-electron chi connectivity index (χ4n) is 0.614. The number of rotatable bonds is 3. The number of benzene rings is 1. The van der Waals surface area contributed by atoms with Crippen LogP contribution in [0.3, 0.4) is 0 Å². The van der Waals surface area contributed by atoms with E-state index in [1.165, 1.54) is 0 Å². The van der Waals surface area contributed by atoms with Crippen LogP contribution in [0.15, 0.2) is 36.4 Å². The van der Waals surface area contributed by atoms with Crippen molar-refractivity contribution in [2.75, 3.05) is 5.75 Å². The molecule has 0 aliphatic rings. The van der Waals surface area contributed by atoms with Crippen molar-refractivity contribution in [2.45, 2.75) is 12.4 Å². The highest BCUT2D eigenvalue weighted by molar-refractivity contribution is 8.00.